The van der Waals surface area contributed by atoms with Crippen LogP contribution in [-0.4, -0.2) is 25.2 Å². The molecule has 0 bridgehead atoms. The molecule has 0 spiro atoms. The van der Waals surface area contributed by atoms with Crippen LogP contribution in [0.5, 0.6) is 0 Å². The second-order valence-corrected chi connectivity index (χ2v) is 2.88. The highest BCUT2D eigenvalue weighted by Gasteiger charge is 1.82. The third kappa shape index (κ3) is 7.79. The van der Waals surface area contributed by atoms with Crippen LogP contribution in [0, 0.1) is 0 Å². The van der Waals surface area contributed by atoms with Gasteiger partial charge in [-0.05, 0) is 0 Å². The second-order valence-electron chi connectivity index (χ2n) is 1.73. The van der Waals surface area contributed by atoms with Gasteiger partial charge in [-0.1, -0.05) is 24.8 Å². The van der Waals surface area contributed by atoms with E-state index in [-0.39, 0.29) is 0 Å². The zero-order valence-corrected chi connectivity index (χ0v) is 7.19. The first-order valence-corrected chi connectivity index (χ1v) is 4.41. The summed E-state index contributed by atoms with van der Waals surface area (Å²) in [5.41, 5.74) is 0. The molecule has 10 heavy (non-hydrogen) atoms. The van der Waals surface area contributed by atoms with E-state index in [1.165, 1.54) is 0 Å². The summed E-state index contributed by atoms with van der Waals surface area (Å²) in [5, 5.41) is 0. The quantitative estimate of drug-likeness (QED) is 0.432. The van der Waals surface area contributed by atoms with Crippen LogP contribution in [0.4, 0.5) is 0 Å². The number of thioether (sulfide) groups is 1. The Morgan fingerprint density at radius 1 is 1.60 bits per heavy atom. The van der Waals surface area contributed by atoms with E-state index in [0.717, 1.165) is 18.1 Å². The lowest BCUT2D eigenvalue weighted by atomic mass is 10.5. The molecule has 2 heteroatoms. The van der Waals surface area contributed by atoms with Gasteiger partial charge in [-0.25, -0.2) is 0 Å². The fourth-order valence-corrected chi connectivity index (χ4v) is 1.14. The molecule has 0 unspecified atom stereocenters. The third-order valence-corrected chi connectivity index (χ3v) is 1.80. The van der Waals surface area contributed by atoms with Crippen LogP contribution in [0.2, 0.25) is 0 Å². The Morgan fingerprint density at radius 3 is 3.00 bits per heavy atom. The van der Waals surface area contributed by atoms with Gasteiger partial charge in [0.05, 0.1) is 6.61 Å². The maximum Gasteiger partial charge on any atom is 0.0553 e. The van der Waals surface area contributed by atoms with Crippen LogP contribution in [-0.2, 0) is 4.74 Å². The average Bonchev–Trinajstić information content (AvgIpc) is 1.97. The highest BCUT2D eigenvalue weighted by molar-refractivity contribution is 7.99. The van der Waals surface area contributed by atoms with Crippen molar-refractivity contribution in [1.82, 2.24) is 0 Å². The zero-order valence-electron chi connectivity index (χ0n) is 6.38. The summed E-state index contributed by atoms with van der Waals surface area (Å²) in [6.07, 6.45) is 5.84. The molecular formula is C8H14OS. The van der Waals surface area contributed by atoms with Gasteiger partial charge in [0.1, 0.15) is 0 Å². The molecule has 0 heterocycles. The smallest absolute Gasteiger partial charge is 0.0553 e. The van der Waals surface area contributed by atoms with Gasteiger partial charge in [0.2, 0.25) is 0 Å². The normalized spacial score (nSPS) is 10.5. The van der Waals surface area contributed by atoms with E-state index in [0.29, 0.717) is 0 Å². The van der Waals surface area contributed by atoms with E-state index >= 15 is 0 Å². The maximum absolute atomic E-state index is 4.88. The van der Waals surface area contributed by atoms with Crippen molar-refractivity contribution in [1.29, 1.82) is 0 Å². The van der Waals surface area contributed by atoms with Crippen molar-refractivity contribution in [2.75, 3.05) is 25.2 Å². The lowest BCUT2D eigenvalue weighted by Gasteiger charge is -1.94. The van der Waals surface area contributed by atoms with Crippen LogP contribution in [0.25, 0.3) is 0 Å². The molecule has 58 valence electrons. The van der Waals surface area contributed by atoms with Crippen molar-refractivity contribution < 1.29 is 4.74 Å². The molecule has 1 nitrogen and oxygen atoms in total. The van der Waals surface area contributed by atoms with Crippen LogP contribution in [0.3, 0.4) is 0 Å². The van der Waals surface area contributed by atoms with E-state index in [2.05, 4.69) is 12.7 Å². The molecule has 0 aromatic heterocycles. The summed E-state index contributed by atoms with van der Waals surface area (Å²) >= 11 is 1.86. The molecule has 0 aliphatic rings. The van der Waals surface area contributed by atoms with Crippen molar-refractivity contribution in [3.8, 4) is 0 Å². The van der Waals surface area contributed by atoms with Crippen LogP contribution >= 0.6 is 11.8 Å². The van der Waals surface area contributed by atoms with E-state index in [1.54, 1.807) is 13.2 Å². The molecule has 0 fully saturated rings. The minimum absolute atomic E-state index is 0.840. The molecule has 0 aromatic rings. The second kappa shape index (κ2) is 8.79. The van der Waals surface area contributed by atoms with E-state index in [1.807, 2.05) is 17.8 Å². The van der Waals surface area contributed by atoms with Crippen molar-refractivity contribution in [3.05, 3.63) is 24.8 Å². The van der Waals surface area contributed by atoms with Gasteiger partial charge in [0, 0.05) is 18.6 Å². The summed E-state index contributed by atoms with van der Waals surface area (Å²) in [6.45, 7) is 4.41. The molecule has 0 aliphatic carbocycles. The number of methoxy groups -OCH3 is 1. The van der Waals surface area contributed by atoms with Gasteiger partial charge in [0.15, 0.2) is 0 Å². The topological polar surface area (TPSA) is 9.23 Å². The van der Waals surface area contributed by atoms with Gasteiger partial charge < -0.3 is 4.74 Å². The average molecular weight is 158 g/mol. The predicted molar refractivity (Wildman–Crippen MR) is 48.5 cm³/mol. The van der Waals surface area contributed by atoms with Crippen LogP contribution in [0.15, 0.2) is 24.8 Å². The number of ether oxygens (including phenoxy) is 1. The monoisotopic (exact) mass is 158 g/mol. The molecule has 0 amide bonds. The molecule has 0 aliphatic heterocycles. The number of hydrogen-bond acceptors (Lipinski definition) is 2. The van der Waals surface area contributed by atoms with Gasteiger partial charge in [-0.3, -0.25) is 0 Å². The largest absolute Gasteiger partial charge is 0.384 e. The Labute approximate surface area is 67.2 Å². The molecule has 0 atom stereocenters. The minimum Gasteiger partial charge on any atom is -0.384 e. The standard InChI is InChI=1S/C8H14OS/c1-3-4-5-7-10-8-6-9-2/h3-5H,1,6-8H2,2H3. The molecule has 0 radical (unpaired) electrons. The van der Waals surface area contributed by atoms with E-state index in [4.69, 9.17) is 4.74 Å². The maximum atomic E-state index is 4.88. The third-order valence-electron chi connectivity index (χ3n) is 0.918. The van der Waals surface area contributed by atoms with Gasteiger partial charge in [-0.15, -0.1) is 0 Å². The first kappa shape index (κ1) is 9.79. The highest BCUT2D eigenvalue weighted by Crippen LogP contribution is 1.98. The van der Waals surface area contributed by atoms with Gasteiger partial charge in [0.25, 0.3) is 0 Å². The Bertz CT molecular complexity index is 99.4. The Hall–Kier alpha value is -0.210. The molecule has 0 aromatic carbocycles. The Kier molecular flexibility index (Phi) is 8.61. The first-order valence-electron chi connectivity index (χ1n) is 3.26. The van der Waals surface area contributed by atoms with Gasteiger partial charge >= 0.3 is 0 Å². The van der Waals surface area contributed by atoms with E-state index < -0.39 is 0 Å². The summed E-state index contributed by atoms with van der Waals surface area (Å²) in [6, 6.07) is 0. The summed E-state index contributed by atoms with van der Waals surface area (Å²) in [7, 11) is 1.72. The number of rotatable bonds is 6. The summed E-state index contributed by atoms with van der Waals surface area (Å²) < 4.78 is 4.88. The molecule has 0 saturated heterocycles. The van der Waals surface area contributed by atoms with E-state index in [9.17, 15) is 0 Å². The van der Waals surface area contributed by atoms with Gasteiger partial charge in [-0.2, -0.15) is 11.8 Å². The van der Waals surface area contributed by atoms with Crippen LogP contribution < -0.4 is 0 Å². The molecule has 0 N–H and O–H groups in total. The molecule has 0 rings (SSSR count). The van der Waals surface area contributed by atoms with Crippen molar-refractivity contribution in [2.24, 2.45) is 0 Å². The highest BCUT2D eigenvalue weighted by atomic mass is 32.2. The SMILES string of the molecule is C=CC=CCSCCOC. The predicted octanol–water partition coefficient (Wildman–Crippen LogP) is 2.11. The van der Waals surface area contributed by atoms with Crippen molar-refractivity contribution >= 4 is 11.8 Å². The summed E-state index contributed by atoms with van der Waals surface area (Å²) in [5.74, 6) is 2.12. The minimum atomic E-state index is 0.840. The molecular weight excluding hydrogens is 144 g/mol. The number of hydrogen-bond donors (Lipinski definition) is 0. The zero-order chi connectivity index (χ0) is 7.66. The molecule has 0 saturated carbocycles. The van der Waals surface area contributed by atoms with Crippen LogP contribution in [0.1, 0.15) is 0 Å². The van der Waals surface area contributed by atoms with Crippen molar-refractivity contribution in [2.45, 2.75) is 0 Å². The lowest BCUT2D eigenvalue weighted by Crippen LogP contribution is -1.91. The lowest BCUT2D eigenvalue weighted by molar-refractivity contribution is 0.218. The Balaban J connectivity index is 2.90. The first-order chi connectivity index (χ1) is 4.91. The number of allylic oxidation sites excluding steroid dienone is 2. The summed E-state index contributed by atoms with van der Waals surface area (Å²) in [4.78, 5) is 0. The Morgan fingerprint density at radius 2 is 2.40 bits per heavy atom. The fourth-order valence-electron chi connectivity index (χ4n) is 0.445. The van der Waals surface area contributed by atoms with Crippen molar-refractivity contribution in [3.63, 3.8) is 0 Å². The fraction of sp³-hybridized carbons (Fsp3) is 0.500.